The molecule has 140 valence electrons. The van der Waals surface area contributed by atoms with Crippen molar-refractivity contribution in [1.82, 2.24) is 10.6 Å². The molecule has 0 aliphatic carbocycles. The van der Waals surface area contributed by atoms with Crippen LogP contribution in [0.15, 0.2) is 59.6 Å². The molecule has 0 aliphatic heterocycles. The molecule has 2 rings (SSSR count). The Hall–Kier alpha value is -1.85. The SMILES string of the molecule is CCNC(=NCCS(=O)Cc1ccccc1)NCCc1cccc(Cl)c1. The topological polar surface area (TPSA) is 53.5 Å². The minimum atomic E-state index is -0.907. The minimum Gasteiger partial charge on any atom is -0.357 e. The van der Waals surface area contributed by atoms with E-state index in [0.29, 0.717) is 18.1 Å². The van der Waals surface area contributed by atoms with Crippen LogP contribution in [0, 0.1) is 0 Å². The maximum absolute atomic E-state index is 12.2. The summed E-state index contributed by atoms with van der Waals surface area (Å²) in [6.45, 7) is 4.11. The molecule has 0 aromatic heterocycles. The van der Waals surface area contributed by atoms with Gasteiger partial charge in [0.05, 0.1) is 6.54 Å². The lowest BCUT2D eigenvalue weighted by atomic mass is 10.1. The number of hydrogen-bond acceptors (Lipinski definition) is 2. The molecule has 0 bridgehead atoms. The van der Waals surface area contributed by atoms with Gasteiger partial charge in [0, 0.05) is 40.4 Å². The molecule has 1 atom stereocenters. The molecule has 2 aromatic carbocycles. The van der Waals surface area contributed by atoms with E-state index in [9.17, 15) is 4.21 Å². The zero-order chi connectivity index (χ0) is 18.6. The minimum absolute atomic E-state index is 0.534. The molecule has 2 N–H and O–H groups in total. The van der Waals surface area contributed by atoms with E-state index in [1.807, 2.05) is 55.5 Å². The second-order valence-corrected chi connectivity index (χ2v) is 7.85. The number of aliphatic imine (C=N–C) groups is 1. The van der Waals surface area contributed by atoms with E-state index in [0.717, 1.165) is 36.1 Å². The van der Waals surface area contributed by atoms with Gasteiger partial charge in [-0.3, -0.25) is 9.20 Å². The Morgan fingerprint density at radius 2 is 1.85 bits per heavy atom. The predicted molar refractivity (Wildman–Crippen MR) is 112 cm³/mol. The van der Waals surface area contributed by atoms with Gasteiger partial charge in [-0.15, -0.1) is 0 Å². The maximum atomic E-state index is 12.2. The van der Waals surface area contributed by atoms with Gasteiger partial charge < -0.3 is 10.6 Å². The molecule has 1 unspecified atom stereocenters. The summed E-state index contributed by atoms with van der Waals surface area (Å²) in [7, 11) is -0.907. The Bertz CT molecular complexity index is 722. The zero-order valence-corrected chi connectivity index (χ0v) is 16.7. The van der Waals surface area contributed by atoms with Gasteiger partial charge in [0.15, 0.2) is 5.96 Å². The number of benzene rings is 2. The van der Waals surface area contributed by atoms with Crippen LogP contribution in [-0.2, 0) is 23.0 Å². The van der Waals surface area contributed by atoms with Crippen LogP contribution >= 0.6 is 11.6 Å². The third-order valence-electron chi connectivity index (χ3n) is 3.70. The normalized spacial score (nSPS) is 12.6. The molecular formula is C20H26ClN3OS. The van der Waals surface area contributed by atoms with Gasteiger partial charge in [-0.1, -0.05) is 54.1 Å². The summed E-state index contributed by atoms with van der Waals surface area (Å²) >= 11 is 6.01. The van der Waals surface area contributed by atoms with Gasteiger partial charge in [0.1, 0.15) is 0 Å². The highest BCUT2D eigenvalue weighted by Crippen LogP contribution is 2.10. The molecular weight excluding hydrogens is 366 g/mol. The van der Waals surface area contributed by atoms with Crippen LogP contribution in [0.25, 0.3) is 0 Å². The van der Waals surface area contributed by atoms with Crippen molar-refractivity contribution < 1.29 is 4.21 Å². The van der Waals surface area contributed by atoms with Crippen LogP contribution in [-0.4, -0.2) is 35.6 Å². The van der Waals surface area contributed by atoms with Crippen molar-refractivity contribution in [3.63, 3.8) is 0 Å². The molecule has 0 saturated carbocycles. The van der Waals surface area contributed by atoms with Crippen LogP contribution in [0.4, 0.5) is 0 Å². The Labute approximate surface area is 163 Å². The van der Waals surface area contributed by atoms with E-state index in [1.54, 1.807) is 0 Å². The van der Waals surface area contributed by atoms with E-state index in [-0.39, 0.29) is 0 Å². The summed E-state index contributed by atoms with van der Waals surface area (Å²) in [6.07, 6.45) is 0.866. The van der Waals surface area contributed by atoms with E-state index >= 15 is 0 Å². The van der Waals surface area contributed by atoms with Crippen LogP contribution in [0.5, 0.6) is 0 Å². The first-order chi connectivity index (χ1) is 12.7. The van der Waals surface area contributed by atoms with Crippen molar-refractivity contribution >= 4 is 28.4 Å². The Balaban J connectivity index is 1.75. The molecule has 0 saturated heterocycles. The molecule has 0 aliphatic rings. The summed E-state index contributed by atoms with van der Waals surface area (Å²) in [5.41, 5.74) is 2.28. The standard InChI is InChI=1S/C20H26ClN3OS/c1-2-22-20(23-12-11-17-9-6-10-19(21)15-17)24-13-14-26(25)16-18-7-4-3-5-8-18/h3-10,15H,2,11-14,16H2,1H3,(H2,22,23,24). The second-order valence-electron chi connectivity index (χ2n) is 5.84. The number of rotatable bonds is 9. The zero-order valence-electron chi connectivity index (χ0n) is 15.1. The molecule has 0 heterocycles. The van der Waals surface area contributed by atoms with Gasteiger partial charge in [0.2, 0.25) is 0 Å². The molecule has 0 radical (unpaired) electrons. The van der Waals surface area contributed by atoms with Crippen molar-refractivity contribution in [2.75, 3.05) is 25.4 Å². The maximum Gasteiger partial charge on any atom is 0.191 e. The van der Waals surface area contributed by atoms with Gasteiger partial charge in [-0.25, -0.2) is 0 Å². The second kappa shape index (κ2) is 11.7. The quantitative estimate of drug-likeness (QED) is 0.509. The summed E-state index contributed by atoms with van der Waals surface area (Å²) in [5.74, 6) is 1.89. The first-order valence-corrected chi connectivity index (χ1v) is 10.7. The molecule has 6 heteroatoms. The van der Waals surface area contributed by atoms with Crippen molar-refractivity contribution in [1.29, 1.82) is 0 Å². The van der Waals surface area contributed by atoms with Gasteiger partial charge in [0.25, 0.3) is 0 Å². The molecule has 2 aromatic rings. The number of hydrogen-bond donors (Lipinski definition) is 2. The third kappa shape index (κ3) is 8.02. The lowest BCUT2D eigenvalue weighted by molar-refractivity contribution is 0.682. The van der Waals surface area contributed by atoms with E-state index in [1.165, 1.54) is 5.56 Å². The monoisotopic (exact) mass is 391 g/mol. The van der Waals surface area contributed by atoms with Crippen molar-refractivity contribution in [3.05, 3.63) is 70.7 Å². The van der Waals surface area contributed by atoms with E-state index in [2.05, 4.69) is 21.7 Å². The predicted octanol–water partition coefficient (Wildman–Crippen LogP) is 3.39. The summed E-state index contributed by atoms with van der Waals surface area (Å²) in [4.78, 5) is 4.52. The highest BCUT2D eigenvalue weighted by Gasteiger charge is 2.02. The highest BCUT2D eigenvalue weighted by molar-refractivity contribution is 7.84. The van der Waals surface area contributed by atoms with Crippen molar-refractivity contribution in [3.8, 4) is 0 Å². The molecule has 0 spiro atoms. The van der Waals surface area contributed by atoms with E-state index < -0.39 is 10.8 Å². The Morgan fingerprint density at radius 3 is 2.58 bits per heavy atom. The van der Waals surface area contributed by atoms with Crippen molar-refractivity contribution in [2.24, 2.45) is 4.99 Å². The largest absolute Gasteiger partial charge is 0.357 e. The summed E-state index contributed by atoms with van der Waals surface area (Å²) in [5, 5.41) is 7.28. The van der Waals surface area contributed by atoms with Crippen molar-refractivity contribution in [2.45, 2.75) is 19.1 Å². The lowest BCUT2D eigenvalue weighted by Crippen LogP contribution is -2.38. The summed E-state index contributed by atoms with van der Waals surface area (Å²) in [6, 6.07) is 17.8. The first kappa shape index (κ1) is 20.5. The number of halogens is 1. The van der Waals surface area contributed by atoms with Crippen LogP contribution < -0.4 is 10.6 Å². The molecule has 0 fully saturated rings. The summed E-state index contributed by atoms with van der Waals surface area (Å²) < 4.78 is 12.2. The van der Waals surface area contributed by atoms with Gasteiger partial charge in [-0.2, -0.15) is 0 Å². The fourth-order valence-corrected chi connectivity index (χ4v) is 3.67. The average Bonchev–Trinajstić information content (AvgIpc) is 2.62. The van der Waals surface area contributed by atoms with Crippen LogP contribution in [0.1, 0.15) is 18.1 Å². The lowest BCUT2D eigenvalue weighted by Gasteiger charge is -2.11. The fourth-order valence-electron chi connectivity index (χ4n) is 2.45. The van der Waals surface area contributed by atoms with Crippen LogP contribution in [0.2, 0.25) is 5.02 Å². The van der Waals surface area contributed by atoms with Gasteiger partial charge in [-0.05, 0) is 36.6 Å². The molecule has 0 amide bonds. The third-order valence-corrected chi connectivity index (χ3v) is 5.23. The fraction of sp³-hybridized carbons (Fsp3) is 0.350. The number of guanidine groups is 1. The smallest absolute Gasteiger partial charge is 0.191 e. The highest BCUT2D eigenvalue weighted by atomic mass is 35.5. The number of nitrogens with one attached hydrogen (secondary N) is 2. The Kier molecular flexibility index (Phi) is 9.21. The van der Waals surface area contributed by atoms with Gasteiger partial charge >= 0.3 is 0 Å². The molecule has 26 heavy (non-hydrogen) atoms. The van der Waals surface area contributed by atoms with Crippen LogP contribution in [0.3, 0.4) is 0 Å². The Morgan fingerprint density at radius 1 is 1.08 bits per heavy atom. The average molecular weight is 392 g/mol. The molecule has 4 nitrogen and oxygen atoms in total. The van der Waals surface area contributed by atoms with E-state index in [4.69, 9.17) is 11.6 Å². The first-order valence-electron chi connectivity index (χ1n) is 8.83. The number of nitrogens with zero attached hydrogens (tertiary/aromatic N) is 1.